The monoisotopic (exact) mass is 282 g/mol. The Labute approximate surface area is 120 Å². The van der Waals surface area contributed by atoms with Crippen LogP contribution in [0.5, 0.6) is 0 Å². The van der Waals surface area contributed by atoms with Gasteiger partial charge >= 0.3 is 0 Å². The Bertz CT molecular complexity index is 397. The second-order valence-electron chi connectivity index (χ2n) is 5.72. The summed E-state index contributed by atoms with van der Waals surface area (Å²) in [6.45, 7) is 3.80. The largest absolute Gasteiger partial charge is 0.327 e. The van der Waals surface area contributed by atoms with Crippen molar-refractivity contribution < 1.29 is 8.78 Å². The standard InChI is InChI=1S/C16H24F2N2/c1-2-14(16(17)18)15(19)9-8-13-11-20(13)10-12-6-4-3-5-7-12/h3-7,13-16H,2,8-11,19H2,1H3. The molecule has 1 aromatic rings. The van der Waals surface area contributed by atoms with Crippen LogP contribution in [0.25, 0.3) is 0 Å². The molecule has 0 radical (unpaired) electrons. The van der Waals surface area contributed by atoms with E-state index >= 15 is 0 Å². The van der Waals surface area contributed by atoms with E-state index < -0.39 is 12.3 Å². The number of nitrogens with zero attached hydrogens (tertiary/aromatic N) is 1. The number of alkyl halides is 2. The number of hydrogen-bond donors (Lipinski definition) is 1. The van der Waals surface area contributed by atoms with Crippen LogP contribution in [-0.2, 0) is 6.54 Å². The van der Waals surface area contributed by atoms with Gasteiger partial charge in [-0.1, -0.05) is 37.3 Å². The molecule has 0 spiro atoms. The molecule has 4 atom stereocenters. The fourth-order valence-corrected chi connectivity index (χ4v) is 2.78. The van der Waals surface area contributed by atoms with Crippen molar-refractivity contribution >= 4 is 0 Å². The molecule has 1 aliphatic heterocycles. The summed E-state index contributed by atoms with van der Waals surface area (Å²) >= 11 is 0. The molecule has 1 fully saturated rings. The molecule has 4 unspecified atom stereocenters. The normalized spacial score (nSPS) is 24.6. The molecule has 2 nitrogen and oxygen atoms in total. The SMILES string of the molecule is CCC(C(F)F)C(N)CCC1CN1Cc1ccccc1. The van der Waals surface area contributed by atoms with Gasteiger partial charge in [-0.15, -0.1) is 0 Å². The van der Waals surface area contributed by atoms with Crippen LogP contribution >= 0.6 is 0 Å². The molecule has 0 bridgehead atoms. The Morgan fingerprint density at radius 2 is 2.00 bits per heavy atom. The maximum atomic E-state index is 12.8. The molecule has 112 valence electrons. The van der Waals surface area contributed by atoms with Crippen molar-refractivity contribution in [2.75, 3.05) is 6.54 Å². The van der Waals surface area contributed by atoms with Crippen LogP contribution in [0.1, 0.15) is 31.7 Å². The Hall–Kier alpha value is -1.00. The van der Waals surface area contributed by atoms with Gasteiger partial charge in [0, 0.05) is 31.1 Å². The molecule has 0 saturated carbocycles. The lowest BCUT2D eigenvalue weighted by Gasteiger charge is -2.21. The van der Waals surface area contributed by atoms with Crippen molar-refractivity contribution in [2.45, 2.75) is 51.2 Å². The highest BCUT2D eigenvalue weighted by Gasteiger charge is 2.34. The van der Waals surface area contributed by atoms with Crippen LogP contribution in [0.2, 0.25) is 0 Å². The molecule has 1 aliphatic rings. The van der Waals surface area contributed by atoms with E-state index in [0.29, 0.717) is 18.9 Å². The lowest BCUT2D eigenvalue weighted by molar-refractivity contribution is 0.0583. The van der Waals surface area contributed by atoms with Crippen LogP contribution in [0.15, 0.2) is 30.3 Å². The fourth-order valence-electron chi connectivity index (χ4n) is 2.78. The Morgan fingerprint density at radius 1 is 1.30 bits per heavy atom. The topological polar surface area (TPSA) is 29.0 Å². The van der Waals surface area contributed by atoms with E-state index in [-0.39, 0.29) is 6.04 Å². The van der Waals surface area contributed by atoms with Crippen LogP contribution in [0, 0.1) is 5.92 Å². The van der Waals surface area contributed by atoms with Gasteiger partial charge in [0.15, 0.2) is 0 Å². The van der Waals surface area contributed by atoms with Gasteiger partial charge in [-0.2, -0.15) is 0 Å². The second kappa shape index (κ2) is 7.14. The molecule has 1 aromatic carbocycles. The number of hydrogen-bond acceptors (Lipinski definition) is 2. The zero-order valence-corrected chi connectivity index (χ0v) is 12.0. The van der Waals surface area contributed by atoms with Crippen molar-refractivity contribution in [3.05, 3.63) is 35.9 Å². The molecular weight excluding hydrogens is 258 g/mol. The van der Waals surface area contributed by atoms with Crippen molar-refractivity contribution in [1.82, 2.24) is 4.90 Å². The minimum atomic E-state index is -2.30. The quantitative estimate of drug-likeness (QED) is 0.741. The first-order valence-corrected chi connectivity index (χ1v) is 7.43. The van der Waals surface area contributed by atoms with Crippen LogP contribution < -0.4 is 5.73 Å². The van der Waals surface area contributed by atoms with Gasteiger partial charge < -0.3 is 5.73 Å². The van der Waals surface area contributed by atoms with E-state index in [2.05, 4.69) is 17.0 Å². The predicted octanol–water partition coefficient (Wildman–Crippen LogP) is 3.27. The summed E-state index contributed by atoms with van der Waals surface area (Å²) in [6.07, 6.45) is -0.220. The van der Waals surface area contributed by atoms with E-state index in [9.17, 15) is 8.78 Å². The van der Waals surface area contributed by atoms with Crippen LogP contribution in [-0.4, -0.2) is 30.0 Å². The second-order valence-corrected chi connectivity index (χ2v) is 5.72. The molecule has 2 N–H and O–H groups in total. The minimum Gasteiger partial charge on any atom is -0.327 e. The average Bonchev–Trinajstić information content (AvgIpc) is 3.16. The Balaban J connectivity index is 1.69. The van der Waals surface area contributed by atoms with Crippen LogP contribution in [0.4, 0.5) is 8.78 Å². The first kappa shape index (κ1) is 15.4. The maximum absolute atomic E-state index is 12.8. The highest BCUT2D eigenvalue weighted by Crippen LogP contribution is 2.27. The molecule has 20 heavy (non-hydrogen) atoms. The molecular formula is C16H24F2N2. The predicted molar refractivity (Wildman–Crippen MR) is 77.6 cm³/mol. The van der Waals surface area contributed by atoms with Crippen molar-refractivity contribution in [3.8, 4) is 0 Å². The lowest BCUT2D eigenvalue weighted by atomic mass is 9.94. The summed E-state index contributed by atoms with van der Waals surface area (Å²) < 4.78 is 25.5. The summed E-state index contributed by atoms with van der Waals surface area (Å²) in [5.74, 6) is -0.656. The smallest absolute Gasteiger partial charge is 0.242 e. The van der Waals surface area contributed by atoms with Crippen LogP contribution in [0.3, 0.4) is 0 Å². The Kier molecular flexibility index (Phi) is 5.49. The highest BCUT2D eigenvalue weighted by molar-refractivity contribution is 5.15. The molecule has 1 saturated heterocycles. The van der Waals surface area contributed by atoms with E-state index in [0.717, 1.165) is 19.5 Å². The zero-order chi connectivity index (χ0) is 14.5. The summed E-state index contributed by atoms with van der Waals surface area (Å²) in [6, 6.07) is 10.5. The molecule has 0 aromatic heterocycles. The first-order valence-electron chi connectivity index (χ1n) is 7.43. The van der Waals surface area contributed by atoms with E-state index in [1.54, 1.807) is 6.92 Å². The number of nitrogens with two attached hydrogens (primary N) is 1. The van der Waals surface area contributed by atoms with Gasteiger partial charge in [0.25, 0.3) is 0 Å². The third-order valence-electron chi connectivity index (χ3n) is 4.23. The molecule has 1 heterocycles. The van der Waals surface area contributed by atoms with E-state index in [1.807, 2.05) is 18.2 Å². The summed E-state index contributed by atoms with van der Waals surface area (Å²) in [5, 5.41) is 0. The number of benzene rings is 1. The van der Waals surface area contributed by atoms with Gasteiger partial charge in [0.2, 0.25) is 6.43 Å². The fraction of sp³-hybridized carbons (Fsp3) is 0.625. The van der Waals surface area contributed by atoms with Gasteiger partial charge in [-0.05, 0) is 24.8 Å². The summed E-state index contributed by atoms with van der Waals surface area (Å²) in [7, 11) is 0. The number of rotatable bonds is 8. The molecule has 0 amide bonds. The minimum absolute atomic E-state index is 0.376. The molecule has 0 aliphatic carbocycles. The molecule has 4 heteroatoms. The number of halogens is 2. The van der Waals surface area contributed by atoms with Crippen molar-refractivity contribution in [2.24, 2.45) is 11.7 Å². The summed E-state index contributed by atoms with van der Waals surface area (Å²) in [5.41, 5.74) is 7.21. The van der Waals surface area contributed by atoms with Crippen molar-refractivity contribution in [3.63, 3.8) is 0 Å². The summed E-state index contributed by atoms with van der Waals surface area (Å²) in [4.78, 5) is 2.37. The van der Waals surface area contributed by atoms with Gasteiger partial charge in [0.1, 0.15) is 0 Å². The van der Waals surface area contributed by atoms with E-state index in [4.69, 9.17) is 5.73 Å². The van der Waals surface area contributed by atoms with E-state index in [1.165, 1.54) is 5.56 Å². The van der Waals surface area contributed by atoms with Gasteiger partial charge in [-0.3, -0.25) is 4.90 Å². The van der Waals surface area contributed by atoms with Crippen molar-refractivity contribution in [1.29, 1.82) is 0 Å². The lowest BCUT2D eigenvalue weighted by Crippen LogP contribution is -2.34. The first-order chi connectivity index (χ1) is 9.61. The third-order valence-corrected chi connectivity index (χ3v) is 4.23. The molecule has 2 rings (SSSR count). The maximum Gasteiger partial charge on any atom is 0.242 e. The average molecular weight is 282 g/mol. The van der Waals surface area contributed by atoms with Gasteiger partial charge in [0.05, 0.1) is 0 Å². The highest BCUT2D eigenvalue weighted by atomic mass is 19.3. The van der Waals surface area contributed by atoms with Gasteiger partial charge in [-0.25, -0.2) is 8.78 Å². The Morgan fingerprint density at radius 3 is 2.60 bits per heavy atom. The third kappa shape index (κ3) is 4.25. The zero-order valence-electron chi connectivity index (χ0n) is 12.0.